The fraction of sp³-hybridized carbons (Fsp3) is 1.00. The van der Waals surface area contributed by atoms with Crippen LogP contribution in [0, 0.1) is 5.92 Å². The summed E-state index contributed by atoms with van der Waals surface area (Å²) in [4.78, 5) is 0. The van der Waals surface area contributed by atoms with E-state index in [-0.39, 0.29) is 11.2 Å². The van der Waals surface area contributed by atoms with Gasteiger partial charge in [0.25, 0.3) is 0 Å². The normalized spacial score (nSPS) is 17.3. The Labute approximate surface area is 192 Å². The SMILES string of the molecule is CCCCCCCCC(C)O[S+](CCCO)CCCCCCCCC1CCCCC1. The van der Waals surface area contributed by atoms with Gasteiger partial charge in [0, 0.05) is 13.0 Å². The molecule has 3 heteroatoms. The molecule has 1 fully saturated rings. The zero-order chi connectivity index (χ0) is 21.7. The predicted molar refractivity (Wildman–Crippen MR) is 136 cm³/mol. The largest absolute Gasteiger partial charge is 0.396 e. The standard InChI is InChI=1S/C27H55O2S/c1-3-4-5-6-9-13-19-26(2)29-30(25-18-23-28)24-17-11-8-7-10-14-20-27-21-15-12-16-22-27/h26-28H,3-25H2,1-2H3/q+1. The van der Waals surface area contributed by atoms with Crippen molar-refractivity contribution in [2.75, 3.05) is 18.1 Å². The highest BCUT2D eigenvalue weighted by molar-refractivity contribution is 7.92. The van der Waals surface area contributed by atoms with Gasteiger partial charge in [0.2, 0.25) is 0 Å². The first-order valence-electron chi connectivity index (χ1n) is 13.7. The minimum atomic E-state index is 0.0631. The van der Waals surface area contributed by atoms with Crippen molar-refractivity contribution in [3.8, 4) is 0 Å². The maximum atomic E-state index is 9.23. The van der Waals surface area contributed by atoms with E-state index in [0.29, 0.717) is 12.7 Å². The van der Waals surface area contributed by atoms with Crippen molar-refractivity contribution in [1.82, 2.24) is 0 Å². The second-order valence-corrected chi connectivity index (χ2v) is 11.7. The van der Waals surface area contributed by atoms with Crippen LogP contribution < -0.4 is 0 Å². The van der Waals surface area contributed by atoms with Crippen molar-refractivity contribution in [2.24, 2.45) is 5.92 Å². The average Bonchev–Trinajstić information content (AvgIpc) is 2.76. The van der Waals surface area contributed by atoms with Gasteiger partial charge in [-0.05, 0) is 32.1 Å². The first-order chi connectivity index (χ1) is 14.8. The smallest absolute Gasteiger partial charge is 0.147 e. The lowest BCUT2D eigenvalue weighted by molar-refractivity contribution is 0.234. The van der Waals surface area contributed by atoms with E-state index in [4.69, 9.17) is 4.18 Å². The van der Waals surface area contributed by atoms with Crippen molar-refractivity contribution in [3.63, 3.8) is 0 Å². The second kappa shape index (κ2) is 21.1. The Balaban J connectivity index is 2.01. The molecule has 0 heterocycles. The molecule has 0 aromatic carbocycles. The van der Waals surface area contributed by atoms with Crippen molar-refractivity contribution < 1.29 is 9.29 Å². The van der Waals surface area contributed by atoms with Crippen LogP contribution in [0.3, 0.4) is 0 Å². The van der Waals surface area contributed by atoms with Gasteiger partial charge in [0.05, 0.1) is 0 Å². The first-order valence-corrected chi connectivity index (χ1v) is 15.2. The molecule has 0 amide bonds. The quantitative estimate of drug-likeness (QED) is 0.143. The molecule has 1 N–H and O–H groups in total. The van der Waals surface area contributed by atoms with Gasteiger partial charge >= 0.3 is 0 Å². The molecule has 2 nitrogen and oxygen atoms in total. The molecule has 0 bridgehead atoms. The number of rotatable bonds is 21. The molecule has 0 aromatic heterocycles. The van der Waals surface area contributed by atoms with Gasteiger partial charge in [-0.15, -0.1) is 0 Å². The molecule has 1 aliphatic carbocycles. The van der Waals surface area contributed by atoms with Gasteiger partial charge in [-0.2, -0.15) is 4.18 Å². The van der Waals surface area contributed by atoms with Gasteiger partial charge in [-0.3, -0.25) is 0 Å². The summed E-state index contributed by atoms with van der Waals surface area (Å²) in [6.45, 7) is 4.85. The summed E-state index contributed by atoms with van der Waals surface area (Å²) in [7, 11) is 0. The summed E-state index contributed by atoms with van der Waals surface area (Å²) < 4.78 is 6.41. The molecule has 2 unspecified atom stereocenters. The molecule has 0 saturated heterocycles. The molecule has 180 valence electrons. The highest BCUT2D eigenvalue weighted by Crippen LogP contribution is 2.28. The lowest BCUT2D eigenvalue weighted by Crippen LogP contribution is -2.22. The van der Waals surface area contributed by atoms with E-state index in [9.17, 15) is 5.11 Å². The van der Waals surface area contributed by atoms with E-state index in [1.165, 1.54) is 128 Å². The number of hydrogen-bond donors (Lipinski definition) is 1. The van der Waals surface area contributed by atoms with Crippen LogP contribution in [0.15, 0.2) is 0 Å². The molecule has 0 aliphatic heterocycles. The molecule has 2 atom stereocenters. The fourth-order valence-corrected chi connectivity index (χ4v) is 6.73. The maximum absolute atomic E-state index is 9.23. The minimum absolute atomic E-state index is 0.0631. The Morgan fingerprint density at radius 1 is 0.767 bits per heavy atom. The minimum Gasteiger partial charge on any atom is -0.396 e. The molecule has 0 aromatic rings. The summed E-state index contributed by atoms with van der Waals surface area (Å²) in [5.41, 5.74) is 0. The first kappa shape index (κ1) is 28.3. The number of unbranched alkanes of at least 4 members (excludes halogenated alkanes) is 10. The molecule has 30 heavy (non-hydrogen) atoms. The Hall–Kier alpha value is 0.270. The molecule has 1 aliphatic rings. The summed E-state index contributed by atoms with van der Waals surface area (Å²) in [5, 5.41) is 9.23. The van der Waals surface area contributed by atoms with E-state index < -0.39 is 0 Å². The zero-order valence-electron chi connectivity index (χ0n) is 20.7. The Bertz CT molecular complexity index is 344. The van der Waals surface area contributed by atoms with Crippen molar-refractivity contribution in [3.05, 3.63) is 0 Å². The van der Waals surface area contributed by atoms with Crippen LogP contribution in [-0.2, 0) is 15.4 Å². The van der Waals surface area contributed by atoms with Crippen LogP contribution in [0.25, 0.3) is 0 Å². The highest BCUT2D eigenvalue weighted by atomic mass is 32.2. The van der Waals surface area contributed by atoms with Gasteiger partial charge in [0.1, 0.15) is 28.8 Å². The fourth-order valence-electron chi connectivity index (χ4n) is 4.80. The van der Waals surface area contributed by atoms with Crippen LogP contribution in [0.1, 0.15) is 142 Å². The summed E-state index contributed by atoms with van der Waals surface area (Å²) in [5.74, 6) is 3.32. The third-order valence-electron chi connectivity index (χ3n) is 6.75. The monoisotopic (exact) mass is 443 g/mol. The third-order valence-corrected chi connectivity index (χ3v) is 8.84. The summed E-state index contributed by atoms with van der Waals surface area (Å²) in [6.07, 6.45) is 28.0. The van der Waals surface area contributed by atoms with E-state index in [1.54, 1.807) is 0 Å². The third kappa shape index (κ3) is 16.9. The van der Waals surface area contributed by atoms with Crippen LogP contribution in [-0.4, -0.2) is 29.3 Å². The highest BCUT2D eigenvalue weighted by Gasteiger charge is 2.23. The predicted octanol–water partition coefficient (Wildman–Crippen LogP) is 8.37. The van der Waals surface area contributed by atoms with E-state index in [1.807, 2.05) is 0 Å². The van der Waals surface area contributed by atoms with Gasteiger partial charge in [0.15, 0.2) is 0 Å². The molecule has 0 spiro atoms. The average molecular weight is 444 g/mol. The topological polar surface area (TPSA) is 29.5 Å². The van der Waals surface area contributed by atoms with Crippen molar-refractivity contribution in [2.45, 2.75) is 148 Å². The van der Waals surface area contributed by atoms with Crippen molar-refractivity contribution >= 4 is 11.2 Å². The second-order valence-electron chi connectivity index (χ2n) is 9.80. The van der Waals surface area contributed by atoms with Crippen LogP contribution in [0.4, 0.5) is 0 Å². The summed E-state index contributed by atoms with van der Waals surface area (Å²) in [6, 6.07) is 0. The van der Waals surface area contributed by atoms with Gasteiger partial charge < -0.3 is 5.11 Å². The van der Waals surface area contributed by atoms with Crippen LogP contribution in [0.5, 0.6) is 0 Å². The molecule has 0 radical (unpaired) electrons. The number of aliphatic hydroxyl groups is 1. The lowest BCUT2D eigenvalue weighted by atomic mass is 9.85. The molecule has 1 saturated carbocycles. The maximum Gasteiger partial charge on any atom is 0.147 e. The molecule has 1 rings (SSSR count). The van der Waals surface area contributed by atoms with Crippen LogP contribution >= 0.6 is 0 Å². The number of hydrogen-bond acceptors (Lipinski definition) is 2. The molecular weight excluding hydrogens is 388 g/mol. The Kier molecular flexibility index (Phi) is 19.9. The lowest BCUT2D eigenvalue weighted by Gasteiger charge is -2.21. The van der Waals surface area contributed by atoms with E-state index in [2.05, 4.69) is 13.8 Å². The van der Waals surface area contributed by atoms with Gasteiger partial charge in [-0.25, -0.2) is 0 Å². The summed E-state index contributed by atoms with van der Waals surface area (Å²) >= 11 is 0.0631. The van der Waals surface area contributed by atoms with Gasteiger partial charge in [-0.1, -0.05) is 110 Å². The Morgan fingerprint density at radius 3 is 2.07 bits per heavy atom. The van der Waals surface area contributed by atoms with E-state index in [0.717, 1.165) is 18.1 Å². The van der Waals surface area contributed by atoms with Crippen LogP contribution in [0.2, 0.25) is 0 Å². The number of aliphatic hydroxyl groups excluding tert-OH is 1. The Morgan fingerprint density at radius 2 is 1.37 bits per heavy atom. The van der Waals surface area contributed by atoms with Crippen molar-refractivity contribution in [1.29, 1.82) is 0 Å². The zero-order valence-corrected chi connectivity index (χ0v) is 21.5. The molecular formula is C27H55O2S+. The van der Waals surface area contributed by atoms with E-state index >= 15 is 0 Å².